The number of nitriles is 1. The molecule has 1 aromatic carbocycles. The van der Waals surface area contributed by atoms with Crippen molar-refractivity contribution in [1.29, 1.82) is 5.26 Å². The fourth-order valence-electron chi connectivity index (χ4n) is 1.93. The molecule has 0 unspecified atom stereocenters. The summed E-state index contributed by atoms with van der Waals surface area (Å²) in [4.78, 5) is 11.1. The third-order valence-electron chi connectivity index (χ3n) is 3.14. The quantitative estimate of drug-likeness (QED) is 0.431. The second-order valence-corrected chi connectivity index (χ2v) is 4.85. The van der Waals surface area contributed by atoms with Gasteiger partial charge in [0.15, 0.2) is 11.5 Å². The Bertz CT molecular complexity index is 574. The van der Waals surface area contributed by atoms with Gasteiger partial charge in [0.05, 0.1) is 13.7 Å². The highest BCUT2D eigenvalue weighted by molar-refractivity contribution is 6.00. The number of carbonyl (C=O) groups is 1. The maximum Gasteiger partial charge on any atom is 0.259 e. The van der Waals surface area contributed by atoms with Gasteiger partial charge in [0.2, 0.25) is 0 Å². The number of nitrogens with two attached hydrogens (primary N) is 1. The van der Waals surface area contributed by atoms with Crippen molar-refractivity contribution in [2.75, 3.05) is 13.7 Å². The van der Waals surface area contributed by atoms with Gasteiger partial charge < -0.3 is 15.2 Å². The molecule has 0 aromatic heterocycles. The van der Waals surface area contributed by atoms with Crippen LogP contribution in [0.15, 0.2) is 23.8 Å². The van der Waals surface area contributed by atoms with E-state index in [4.69, 9.17) is 20.5 Å². The normalized spacial score (nSPS) is 10.9. The van der Waals surface area contributed by atoms with Crippen molar-refractivity contribution in [3.8, 4) is 17.6 Å². The molecular weight excluding hydrogens is 280 g/mol. The number of unbranched alkanes of at least 4 members (excludes halogenated alkanes) is 3. The lowest BCUT2D eigenvalue weighted by atomic mass is 10.1. The lowest BCUT2D eigenvalue weighted by Crippen LogP contribution is -2.12. The van der Waals surface area contributed by atoms with Crippen LogP contribution in [0.25, 0.3) is 6.08 Å². The first kappa shape index (κ1) is 17.6. The Morgan fingerprint density at radius 1 is 1.32 bits per heavy atom. The average Bonchev–Trinajstić information content (AvgIpc) is 2.52. The molecule has 0 saturated carbocycles. The zero-order chi connectivity index (χ0) is 16.4. The predicted molar refractivity (Wildman–Crippen MR) is 85.4 cm³/mol. The van der Waals surface area contributed by atoms with Crippen LogP contribution in [0, 0.1) is 11.3 Å². The van der Waals surface area contributed by atoms with Crippen molar-refractivity contribution < 1.29 is 14.3 Å². The van der Waals surface area contributed by atoms with Gasteiger partial charge in [-0.15, -0.1) is 0 Å². The molecule has 118 valence electrons. The molecule has 1 amide bonds. The fraction of sp³-hybridized carbons (Fsp3) is 0.412. The minimum atomic E-state index is -0.752. The van der Waals surface area contributed by atoms with Crippen molar-refractivity contribution >= 4 is 12.0 Å². The highest BCUT2D eigenvalue weighted by Crippen LogP contribution is 2.29. The molecule has 0 fully saturated rings. The van der Waals surface area contributed by atoms with Crippen LogP contribution in [-0.2, 0) is 4.79 Å². The third-order valence-corrected chi connectivity index (χ3v) is 3.14. The molecule has 0 aliphatic carbocycles. The second-order valence-electron chi connectivity index (χ2n) is 4.85. The first-order valence-corrected chi connectivity index (χ1v) is 7.34. The number of amides is 1. The van der Waals surface area contributed by atoms with E-state index in [1.807, 2.05) is 0 Å². The largest absolute Gasteiger partial charge is 0.493 e. The van der Waals surface area contributed by atoms with Gasteiger partial charge in [0.25, 0.3) is 5.91 Å². The van der Waals surface area contributed by atoms with Crippen molar-refractivity contribution in [3.05, 3.63) is 29.3 Å². The third kappa shape index (κ3) is 5.49. The van der Waals surface area contributed by atoms with Crippen molar-refractivity contribution in [3.63, 3.8) is 0 Å². The summed E-state index contributed by atoms with van der Waals surface area (Å²) in [5.74, 6) is 0.456. The zero-order valence-electron chi connectivity index (χ0n) is 13.1. The Hall–Kier alpha value is -2.48. The standard InChI is InChI=1S/C17H22N2O3/c1-3-4-5-6-9-22-15-8-7-13(11-16(15)21-2)10-14(12-18)17(19)20/h7-8,10-11H,3-6,9H2,1-2H3,(H2,19,20)/b14-10+. The molecule has 5 nitrogen and oxygen atoms in total. The summed E-state index contributed by atoms with van der Waals surface area (Å²) in [6.07, 6.45) is 5.96. The summed E-state index contributed by atoms with van der Waals surface area (Å²) in [6, 6.07) is 7.00. The van der Waals surface area contributed by atoms with Gasteiger partial charge >= 0.3 is 0 Å². The number of carbonyl (C=O) groups excluding carboxylic acids is 1. The summed E-state index contributed by atoms with van der Waals surface area (Å²) in [6.45, 7) is 2.80. The van der Waals surface area contributed by atoms with Gasteiger partial charge in [0, 0.05) is 0 Å². The van der Waals surface area contributed by atoms with Crippen molar-refractivity contribution in [2.45, 2.75) is 32.6 Å². The number of rotatable bonds is 9. The molecular formula is C17H22N2O3. The van der Waals surface area contributed by atoms with Crippen LogP contribution in [0.1, 0.15) is 38.2 Å². The summed E-state index contributed by atoms with van der Waals surface area (Å²) >= 11 is 0. The van der Waals surface area contributed by atoms with Crippen LogP contribution in [-0.4, -0.2) is 19.6 Å². The number of nitrogens with zero attached hydrogens (tertiary/aromatic N) is 1. The maximum absolute atomic E-state index is 11.1. The van der Waals surface area contributed by atoms with Gasteiger partial charge in [-0.05, 0) is 30.2 Å². The smallest absolute Gasteiger partial charge is 0.259 e. The Morgan fingerprint density at radius 2 is 2.09 bits per heavy atom. The Kier molecular flexibility index (Phi) is 7.55. The van der Waals surface area contributed by atoms with Crippen LogP contribution >= 0.6 is 0 Å². The van der Waals surface area contributed by atoms with E-state index in [0.717, 1.165) is 12.8 Å². The predicted octanol–water partition coefficient (Wildman–Crippen LogP) is 3.05. The van der Waals surface area contributed by atoms with E-state index < -0.39 is 5.91 Å². The van der Waals surface area contributed by atoms with Crippen LogP contribution in [0.5, 0.6) is 11.5 Å². The molecule has 2 N–H and O–H groups in total. The van der Waals surface area contributed by atoms with Crippen molar-refractivity contribution in [1.82, 2.24) is 0 Å². The lowest BCUT2D eigenvalue weighted by molar-refractivity contribution is -0.114. The van der Waals surface area contributed by atoms with E-state index in [9.17, 15) is 4.79 Å². The molecule has 0 spiro atoms. The maximum atomic E-state index is 11.1. The Labute approximate surface area is 131 Å². The molecule has 22 heavy (non-hydrogen) atoms. The summed E-state index contributed by atoms with van der Waals surface area (Å²) in [7, 11) is 1.55. The summed E-state index contributed by atoms with van der Waals surface area (Å²) in [5.41, 5.74) is 5.67. The van der Waals surface area contributed by atoms with Gasteiger partial charge in [-0.1, -0.05) is 32.3 Å². The highest BCUT2D eigenvalue weighted by atomic mass is 16.5. The molecule has 0 heterocycles. The number of hydrogen-bond acceptors (Lipinski definition) is 4. The Morgan fingerprint density at radius 3 is 2.68 bits per heavy atom. The molecule has 0 aliphatic heterocycles. The lowest BCUT2D eigenvalue weighted by Gasteiger charge is -2.11. The zero-order valence-corrected chi connectivity index (χ0v) is 13.1. The van der Waals surface area contributed by atoms with Crippen LogP contribution < -0.4 is 15.2 Å². The SMILES string of the molecule is CCCCCCOc1ccc(/C=C(\C#N)C(N)=O)cc1OC. The average molecular weight is 302 g/mol. The minimum Gasteiger partial charge on any atom is -0.493 e. The van der Waals surface area contributed by atoms with Gasteiger partial charge in [-0.25, -0.2) is 0 Å². The molecule has 1 aromatic rings. The van der Waals surface area contributed by atoms with E-state index in [0.29, 0.717) is 23.7 Å². The van der Waals surface area contributed by atoms with E-state index in [1.165, 1.54) is 18.9 Å². The Balaban J connectivity index is 2.79. The minimum absolute atomic E-state index is 0.102. The topological polar surface area (TPSA) is 85.3 Å². The summed E-state index contributed by atoms with van der Waals surface area (Å²) < 4.78 is 11.0. The molecule has 0 aliphatic rings. The number of hydrogen-bond donors (Lipinski definition) is 1. The van der Waals surface area contributed by atoms with Crippen LogP contribution in [0.3, 0.4) is 0 Å². The number of benzene rings is 1. The molecule has 0 radical (unpaired) electrons. The number of methoxy groups -OCH3 is 1. The van der Waals surface area contributed by atoms with Gasteiger partial charge in [-0.2, -0.15) is 5.26 Å². The monoisotopic (exact) mass is 302 g/mol. The van der Waals surface area contributed by atoms with Crippen molar-refractivity contribution in [2.24, 2.45) is 5.73 Å². The fourth-order valence-corrected chi connectivity index (χ4v) is 1.93. The van der Waals surface area contributed by atoms with E-state index in [1.54, 1.807) is 31.4 Å². The first-order chi connectivity index (χ1) is 10.6. The van der Waals surface area contributed by atoms with E-state index in [-0.39, 0.29) is 5.57 Å². The van der Waals surface area contributed by atoms with E-state index >= 15 is 0 Å². The number of ether oxygens (including phenoxy) is 2. The first-order valence-electron chi connectivity index (χ1n) is 7.34. The highest BCUT2D eigenvalue weighted by Gasteiger charge is 2.07. The molecule has 0 atom stereocenters. The molecule has 5 heteroatoms. The molecule has 0 bridgehead atoms. The molecule has 1 rings (SSSR count). The van der Waals surface area contributed by atoms with Crippen LogP contribution in [0.2, 0.25) is 0 Å². The van der Waals surface area contributed by atoms with E-state index in [2.05, 4.69) is 6.92 Å². The summed E-state index contributed by atoms with van der Waals surface area (Å²) in [5, 5.41) is 8.85. The second kappa shape index (κ2) is 9.46. The molecule has 0 saturated heterocycles. The number of primary amides is 1. The van der Waals surface area contributed by atoms with Gasteiger partial charge in [0.1, 0.15) is 11.6 Å². The van der Waals surface area contributed by atoms with Crippen LogP contribution in [0.4, 0.5) is 0 Å². The van der Waals surface area contributed by atoms with Gasteiger partial charge in [-0.3, -0.25) is 4.79 Å².